The van der Waals surface area contributed by atoms with Gasteiger partial charge in [-0.1, -0.05) is 18.2 Å². The molecule has 0 aliphatic carbocycles. The molecule has 0 saturated carbocycles. The van der Waals surface area contributed by atoms with E-state index in [0.717, 1.165) is 11.1 Å². The van der Waals surface area contributed by atoms with Crippen LogP contribution in [0.1, 0.15) is 30.3 Å². The highest BCUT2D eigenvalue weighted by molar-refractivity contribution is 7.89. The Morgan fingerprint density at radius 3 is 2.63 bits per heavy atom. The van der Waals surface area contributed by atoms with Crippen molar-refractivity contribution in [3.8, 4) is 11.7 Å². The fourth-order valence-electron chi connectivity index (χ4n) is 3.81. The minimum Gasteiger partial charge on any atom is -0.459 e. The zero-order valence-electron chi connectivity index (χ0n) is 16.4. The third kappa shape index (κ3) is 3.29. The van der Waals surface area contributed by atoms with Crippen molar-refractivity contribution in [2.75, 3.05) is 13.1 Å². The minimum atomic E-state index is -3.65. The van der Waals surface area contributed by atoms with Gasteiger partial charge in [-0.25, -0.2) is 8.42 Å². The summed E-state index contributed by atoms with van der Waals surface area (Å²) < 4.78 is 39.2. The summed E-state index contributed by atoms with van der Waals surface area (Å²) in [7, 11) is -3.65. The number of aromatic nitrogens is 3. The molecular weight excluding hydrogens is 404 g/mol. The summed E-state index contributed by atoms with van der Waals surface area (Å²) in [5, 5.41) is 8.99. The lowest BCUT2D eigenvalue weighted by atomic mass is 9.98. The molecule has 1 aromatic carbocycles. The Labute approximate surface area is 173 Å². The number of sulfonamides is 1. The van der Waals surface area contributed by atoms with Gasteiger partial charge in [0.15, 0.2) is 5.76 Å². The summed E-state index contributed by atoms with van der Waals surface area (Å²) in [5.41, 5.74) is 1.30. The Morgan fingerprint density at radius 1 is 1.03 bits per heavy atom. The van der Waals surface area contributed by atoms with Crippen LogP contribution in [0.3, 0.4) is 0 Å². The summed E-state index contributed by atoms with van der Waals surface area (Å²) in [4.78, 5) is 4.73. The molecule has 4 heterocycles. The summed E-state index contributed by atoms with van der Waals surface area (Å²) in [5.74, 6) is 1.39. The van der Waals surface area contributed by atoms with Crippen LogP contribution in [0.5, 0.6) is 0 Å². The Morgan fingerprint density at radius 2 is 1.87 bits per heavy atom. The first-order chi connectivity index (χ1) is 14.5. The standard InChI is InChI=1S/C21H20N4O4S/c1-14-7-8-15-4-2-6-18(19(15)22-14)30(26,27)25-11-9-16(10-12-25)20-23-24-21(29-20)17-5-3-13-28-17/h2-8,13,16H,9-12H2,1H3. The van der Waals surface area contributed by atoms with E-state index in [1.54, 1.807) is 30.5 Å². The topological polar surface area (TPSA) is 102 Å². The predicted octanol–water partition coefficient (Wildman–Crippen LogP) is 3.75. The molecule has 0 unspecified atom stereocenters. The van der Waals surface area contributed by atoms with Crippen LogP contribution >= 0.6 is 0 Å². The summed E-state index contributed by atoms with van der Waals surface area (Å²) >= 11 is 0. The monoisotopic (exact) mass is 424 g/mol. The van der Waals surface area contributed by atoms with E-state index in [1.807, 2.05) is 25.1 Å². The smallest absolute Gasteiger partial charge is 0.283 e. The number of hydrogen-bond donors (Lipinski definition) is 0. The van der Waals surface area contributed by atoms with E-state index in [1.165, 1.54) is 4.31 Å². The average molecular weight is 424 g/mol. The minimum absolute atomic E-state index is 0.0144. The van der Waals surface area contributed by atoms with E-state index in [9.17, 15) is 8.42 Å². The predicted molar refractivity (Wildman–Crippen MR) is 109 cm³/mol. The number of hydrogen-bond acceptors (Lipinski definition) is 7. The van der Waals surface area contributed by atoms with Crippen molar-refractivity contribution >= 4 is 20.9 Å². The zero-order chi connectivity index (χ0) is 20.7. The Hall–Kier alpha value is -3.04. The summed E-state index contributed by atoms with van der Waals surface area (Å²) in [6.45, 7) is 2.62. The SMILES string of the molecule is Cc1ccc2cccc(S(=O)(=O)N3CCC(c4nnc(-c5ccco5)o4)CC3)c2n1. The Kier molecular flexibility index (Phi) is 4.63. The molecule has 3 aromatic heterocycles. The number of aryl methyl sites for hydroxylation is 1. The van der Waals surface area contributed by atoms with Crippen molar-refractivity contribution in [1.82, 2.24) is 19.5 Å². The molecule has 0 spiro atoms. The number of fused-ring (bicyclic) bond motifs is 1. The molecule has 8 nitrogen and oxygen atoms in total. The second kappa shape index (κ2) is 7.33. The van der Waals surface area contributed by atoms with Gasteiger partial charge in [-0.15, -0.1) is 10.2 Å². The highest BCUT2D eigenvalue weighted by Gasteiger charge is 2.33. The molecule has 5 rings (SSSR count). The van der Waals surface area contributed by atoms with Crippen LogP contribution in [-0.2, 0) is 10.0 Å². The van der Waals surface area contributed by atoms with Crippen LogP contribution in [-0.4, -0.2) is 41.0 Å². The maximum absolute atomic E-state index is 13.3. The van der Waals surface area contributed by atoms with E-state index in [0.29, 0.717) is 49.0 Å². The fraction of sp³-hybridized carbons (Fsp3) is 0.286. The second-order valence-corrected chi connectivity index (χ2v) is 9.29. The molecule has 9 heteroatoms. The van der Waals surface area contributed by atoms with Crippen molar-refractivity contribution < 1.29 is 17.3 Å². The third-order valence-corrected chi connectivity index (χ3v) is 7.35. The van der Waals surface area contributed by atoms with Crippen molar-refractivity contribution in [1.29, 1.82) is 0 Å². The first kappa shape index (κ1) is 19.0. The maximum Gasteiger partial charge on any atom is 0.283 e. The number of para-hydroxylation sites is 1. The van der Waals surface area contributed by atoms with E-state index in [4.69, 9.17) is 8.83 Å². The third-order valence-electron chi connectivity index (χ3n) is 5.42. The molecule has 0 amide bonds. The highest BCUT2D eigenvalue weighted by Crippen LogP contribution is 2.33. The molecule has 30 heavy (non-hydrogen) atoms. The number of nitrogens with zero attached hydrogens (tertiary/aromatic N) is 4. The first-order valence-corrected chi connectivity index (χ1v) is 11.2. The quantitative estimate of drug-likeness (QED) is 0.491. The maximum atomic E-state index is 13.3. The van der Waals surface area contributed by atoms with E-state index < -0.39 is 10.0 Å². The molecule has 154 valence electrons. The summed E-state index contributed by atoms with van der Waals surface area (Å²) in [6, 6.07) is 12.6. The number of pyridine rings is 1. The molecule has 1 fully saturated rings. The van der Waals surface area contributed by atoms with Crippen molar-refractivity contribution in [3.05, 3.63) is 60.3 Å². The lowest BCUT2D eigenvalue weighted by Gasteiger charge is -2.29. The largest absolute Gasteiger partial charge is 0.459 e. The molecule has 0 N–H and O–H groups in total. The number of benzene rings is 1. The summed E-state index contributed by atoms with van der Waals surface area (Å²) in [6.07, 6.45) is 2.76. The molecule has 0 bridgehead atoms. The normalized spacial score (nSPS) is 16.3. The van der Waals surface area contributed by atoms with Gasteiger partial charge in [0, 0.05) is 30.1 Å². The van der Waals surface area contributed by atoms with Gasteiger partial charge < -0.3 is 8.83 Å². The molecule has 1 saturated heterocycles. The molecule has 1 aliphatic heterocycles. The van der Waals surface area contributed by atoms with Crippen molar-refractivity contribution in [3.63, 3.8) is 0 Å². The number of piperidine rings is 1. The highest BCUT2D eigenvalue weighted by atomic mass is 32.2. The van der Waals surface area contributed by atoms with Crippen molar-refractivity contribution in [2.24, 2.45) is 0 Å². The number of rotatable bonds is 4. The molecular formula is C21H20N4O4S. The van der Waals surface area contributed by atoms with E-state index in [-0.39, 0.29) is 10.8 Å². The molecule has 4 aromatic rings. The second-order valence-electron chi connectivity index (χ2n) is 7.38. The first-order valence-electron chi connectivity index (χ1n) is 9.76. The van der Waals surface area contributed by atoms with Crippen LogP contribution in [0, 0.1) is 6.92 Å². The average Bonchev–Trinajstić information content (AvgIpc) is 3.45. The fourth-order valence-corrected chi connectivity index (χ4v) is 5.44. The van der Waals surface area contributed by atoms with Gasteiger partial charge in [0.2, 0.25) is 15.9 Å². The Balaban J connectivity index is 1.36. The molecule has 0 atom stereocenters. The van der Waals surface area contributed by atoms with Crippen molar-refractivity contribution in [2.45, 2.75) is 30.6 Å². The van der Waals surface area contributed by atoms with E-state index >= 15 is 0 Å². The van der Waals surface area contributed by atoms with E-state index in [2.05, 4.69) is 15.2 Å². The zero-order valence-corrected chi connectivity index (χ0v) is 17.2. The lowest BCUT2D eigenvalue weighted by Crippen LogP contribution is -2.38. The van der Waals surface area contributed by atoms with Gasteiger partial charge >= 0.3 is 0 Å². The Bertz CT molecular complexity index is 1290. The lowest BCUT2D eigenvalue weighted by molar-refractivity contribution is 0.291. The van der Waals surface area contributed by atoms with Crippen LogP contribution in [0.4, 0.5) is 0 Å². The molecule has 1 aliphatic rings. The van der Waals surface area contributed by atoms with Crippen LogP contribution in [0.25, 0.3) is 22.6 Å². The van der Waals surface area contributed by atoms with Crippen LogP contribution < -0.4 is 0 Å². The van der Waals surface area contributed by atoms with Crippen LogP contribution in [0.15, 0.2) is 62.5 Å². The van der Waals surface area contributed by atoms with Gasteiger partial charge in [-0.05, 0) is 44.0 Å². The van der Waals surface area contributed by atoms with Gasteiger partial charge in [0.1, 0.15) is 4.90 Å². The molecule has 0 radical (unpaired) electrons. The van der Waals surface area contributed by atoms with Gasteiger partial charge in [0.25, 0.3) is 5.89 Å². The van der Waals surface area contributed by atoms with Gasteiger partial charge in [-0.2, -0.15) is 4.31 Å². The van der Waals surface area contributed by atoms with Gasteiger partial charge in [0.05, 0.1) is 11.8 Å². The van der Waals surface area contributed by atoms with Gasteiger partial charge in [-0.3, -0.25) is 4.98 Å². The number of furan rings is 1. The van der Waals surface area contributed by atoms with Crippen LogP contribution in [0.2, 0.25) is 0 Å².